The lowest BCUT2D eigenvalue weighted by atomic mass is 9.85. The summed E-state index contributed by atoms with van der Waals surface area (Å²) in [4.78, 5) is 2.77. The summed E-state index contributed by atoms with van der Waals surface area (Å²) in [6, 6.07) is 1.59. The lowest BCUT2D eigenvalue weighted by molar-refractivity contribution is 0.158. The number of nitrogens with one attached hydrogen (secondary N) is 1. The molecule has 1 aliphatic heterocycles. The van der Waals surface area contributed by atoms with Crippen molar-refractivity contribution in [3.8, 4) is 0 Å². The second kappa shape index (κ2) is 5.50. The van der Waals surface area contributed by atoms with Crippen molar-refractivity contribution >= 4 is 0 Å². The molecule has 1 N–H and O–H groups in total. The number of likely N-dealkylation sites (tertiary alicyclic amines) is 1. The van der Waals surface area contributed by atoms with Gasteiger partial charge in [-0.3, -0.25) is 4.90 Å². The van der Waals surface area contributed by atoms with E-state index in [1.165, 1.54) is 45.2 Å². The van der Waals surface area contributed by atoms with Crippen LogP contribution in [0.3, 0.4) is 0 Å². The second-order valence-corrected chi connectivity index (χ2v) is 6.03. The fourth-order valence-corrected chi connectivity index (χ4v) is 3.62. The van der Waals surface area contributed by atoms with Gasteiger partial charge in [0.05, 0.1) is 0 Å². The molecule has 0 aromatic carbocycles. The predicted molar refractivity (Wildman–Crippen MR) is 69.6 cm³/mol. The minimum atomic E-state index is 0.667. The van der Waals surface area contributed by atoms with E-state index in [-0.39, 0.29) is 0 Å². The van der Waals surface area contributed by atoms with Crippen LogP contribution in [-0.4, -0.2) is 37.1 Å². The van der Waals surface area contributed by atoms with Crippen molar-refractivity contribution < 1.29 is 0 Å². The van der Waals surface area contributed by atoms with Gasteiger partial charge < -0.3 is 5.32 Å². The molecule has 1 saturated carbocycles. The maximum atomic E-state index is 3.48. The Morgan fingerprint density at radius 2 is 1.94 bits per heavy atom. The van der Waals surface area contributed by atoms with Gasteiger partial charge in [-0.05, 0) is 44.7 Å². The first-order valence-corrected chi connectivity index (χ1v) is 7.13. The zero-order valence-electron chi connectivity index (χ0n) is 11.2. The standard InChI is InChI=1S/C14H28N2/c1-11(2)13(15-3)10-16-9-8-12-6-4-5-7-14(12)16/h11-15H,4-10H2,1-3H3. The Kier molecular flexibility index (Phi) is 4.26. The molecule has 2 heteroatoms. The molecule has 2 aliphatic rings. The second-order valence-electron chi connectivity index (χ2n) is 6.03. The molecule has 2 nitrogen and oxygen atoms in total. The Morgan fingerprint density at radius 1 is 1.19 bits per heavy atom. The summed E-state index contributed by atoms with van der Waals surface area (Å²) < 4.78 is 0. The molecule has 2 fully saturated rings. The Morgan fingerprint density at radius 3 is 2.62 bits per heavy atom. The van der Waals surface area contributed by atoms with Gasteiger partial charge in [0, 0.05) is 18.6 Å². The largest absolute Gasteiger partial charge is 0.315 e. The number of fused-ring (bicyclic) bond motifs is 1. The van der Waals surface area contributed by atoms with Gasteiger partial charge in [-0.2, -0.15) is 0 Å². The third-order valence-electron chi connectivity index (χ3n) is 4.73. The van der Waals surface area contributed by atoms with Crippen LogP contribution in [0.1, 0.15) is 46.0 Å². The molecule has 1 aliphatic carbocycles. The maximum Gasteiger partial charge on any atom is 0.0215 e. The van der Waals surface area contributed by atoms with Crippen LogP contribution < -0.4 is 5.32 Å². The average Bonchev–Trinajstić information content (AvgIpc) is 2.69. The SMILES string of the molecule is CNC(CN1CCC2CCCCC21)C(C)C. The molecule has 0 bridgehead atoms. The monoisotopic (exact) mass is 224 g/mol. The lowest BCUT2D eigenvalue weighted by Crippen LogP contribution is -2.45. The third kappa shape index (κ3) is 2.60. The van der Waals surface area contributed by atoms with E-state index in [1.807, 2.05) is 0 Å². The van der Waals surface area contributed by atoms with Gasteiger partial charge in [0.25, 0.3) is 0 Å². The summed E-state index contributed by atoms with van der Waals surface area (Å²) in [6.07, 6.45) is 7.35. The molecule has 0 aromatic rings. The number of hydrogen-bond donors (Lipinski definition) is 1. The van der Waals surface area contributed by atoms with E-state index in [2.05, 4.69) is 31.1 Å². The molecular formula is C14H28N2. The van der Waals surface area contributed by atoms with Gasteiger partial charge >= 0.3 is 0 Å². The van der Waals surface area contributed by atoms with Crippen molar-refractivity contribution in [1.29, 1.82) is 0 Å². The Hall–Kier alpha value is -0.0800. The molecule has 0 radical (unpaired) electrons. The smallest absolute Gasteiger partial charge is 0.0215 e. The minimum Gasteiger partial charge on any atom is -0.315 e. The van der Waals surface area contributed by atoms with Crippen molar-refractivity contribution in [2.45, 2.75) is 58.0 Å². The van der Waals surface area contributed by atoms with E-state index >= 15 is 0 Å². The fourth-order valence-electron chi connectivity index (χ4n) is 3.62. The summed E-state index contributed by atoms with van der Waals surface area (Å²) in [5.74, 6) is 1.77. The highest BCUT2D eigenvalue weighted by Gasteiger charge is 2.36. The van der Waals surface area contributed by atoms with Gasteiger partial charge in [-0.15, -0.1) is 0 Å². The molecule has 1 heterocycles. The van der Waals surface area contributed by atoms with Crippen molar-refractivity contribution in [3.63, 3.8) is 0 Å². The molecule has 0 spiro atoms. The van der Waals surface area contributed by atoms with Gasteiger partial charge in [0.1, 0.15) is 0 Å². The van der Waals surface area contributed by atoms with Gasteiger partial charge in [0.15, 0.2) is 0 Å². The van der Waals surface area contributed by atoms with Crippen LogP contribution in [0.5, 0.6) is 0 Å². The zero-order chi connectivity index (χ0) is 11.5. The molecule has 1 saturated heterocycles. The Bertz CT molecular complexity index is 215. The van der Waals surface area contributed by atoms with E-state index < -0.39 is 0 Å². The highest BCUT2D eigenvalue weighted by Crippen LogP contribution is 2.36. The third-order valence-corrected chi connectivity index (χ3v) is 4.73. The molecular weight excluding hydrogens is 196 g/mol. The highest BCUT2D eigenvalue weighted by atomic mass is 15.2. The van der Waals surface area contributed by atoms with Crippen LogP contribution >= 0.6 is 0 Å². The number of hydrogen-bond acceptors (Lipinski definition) is 2. The van der Waals surface area contributed by atoms with Gasteiger partial charge in [0.2, 0.25) is 0 Å². The minimum absolute atomic E-state index is 0.667. The molecule has 94 valence electrons. The summed E-state index contributed by atoms with van der Waals surface area (Å²) in [5, 5.41) is 3.48. The molecule has 2 rings (SSSR count). The highest BCUT2D eigenvalue weighted by molar-refractivity contribution is 4.91. The predicted octanol–water partition coefficient (Wildman–Crippen LogP) is 2.49. The van der Waals surface area contributed by atoms with Crippen molar-refractivity contribution in [1.82, 2.24) is 10.2 Å². The normalized spacial score (nSPS) is 33.0. The molecule has 3 unspecified atom stereocenters. The first-order valence-electron chi connectivity index (χ1n) is 7.13. The zero-order valence-corrected chi connectivity index (χ0v) is 11.2. The number of nitrogens with zero attached hydrogens (tertiary/aromatic N) is 1. The van der Waals surface area contributed by atoms with Crippen LogP contribution in [0.2, 0.25) is 0 Å². The van der Waals surface area contributed by atoms with Gasteiger partial charge in [-0.25, -0.2) is 0 Å². The van der Waals surface area contributed by atoms with E-state index in [1.54, 1.807) is 0 Å². The lowest BCUT2D eigenvalue weighted by Gasteiger charge is -2.34. The summed E-state index contributed by atoms with van der Waals surface area (Å²) in [5.41, 5.74) is 0. The van der Waals surface area contributed by atoms with Crippen LogP contribution in [0.4, 0.5) is 0 Å². The quantitative estimate of drug-likeness (QED) is 0.789. The van der Waals surface area contributed by atoms with Crippen LogP contribution in [0, 0.1) is 11.8 Å². The van der Waals surface area contributed by atoms with Crippen molar-refractivity contribution in [2.75, 3.05) is 20.1 Å². The van der Waals surface area contributed by atoms with Crippen LogP contribution in [0.15, 0.2) is 0 Å². The first kappa shape index (κ1) is 12.4. The summed E-state index contributed by atoms with van der Waals surface area (Å²) >= 11 is 0. The average molecular weight is 224 g/mol. The first-order chi connectivity index (χ1) is 7.72. The number of likely N-dealkylation sites (N-methyl/N-ethyl adjacent to an activating group) is 1. The van der Waals surface area contributed by atoms with Crippen LogP contribution in [0.25, 0.3) is 0 Å². The summed E-state index contributed by atoms with van der Waals surface area (Å²) in [6.45, 7) is 7.26. The van der Waals surface area contributed by atoms with Crippen molar-refractivity contribution in [2.24, 2.45) is 11.8 Å². The molecule has 0 amide bonds. The van der Waals surface area contributed by atoms with E-state index in [9.17, 15) is 0 Å². The maximum absolute atomic E-state index is 3.48. The van der Waals surface area contributed by atoms with Crippen LogP contribution in [-0.2, 0) is 0 Å². The fraction of sp³-hybridized carbons (Fsp3) is 1.00. The number of rotatable bonds is 4. The topological polar surface area (TPSA) is 15.3 Å². The van der Waals surface area contributed by atoms with Crippen molar-refractivity contribution in [3.05, 3.63) is 0 Å². The molecule has 16 heavy (non-hydrogen) atoms. The Labute approximate surface area is 101 Å². The van der Waals surface area contributed by atoms with E-state index in [0.717, 1.165) is 17.9 Å². The molecule has 0 aromatic heterocycles. The van der Waals surface area contributed by atoms with Gasteiger partial charge in [-0.1, -0.05) is 26.7 Å². The summed E-state index contributed by atoms with van der Waals surface area (Å²) in [7, 11) is 2.11. The Balaban J connectivity index is 1.89. The molecule has 3 atom stereocenters. The van der Waals surface area contributed by atoms with E-state index in [0.29, 0.717) is 6.04 Å². The van der Waals surface area contributed by atoms with E-state index in [4.69, 9.17) is 0 Å².